The summed E-state index contributed by atoms with van der Waals surface area (Å²) < 4.78 is 0. The van der Waals surface area contributed by atoms with Crippen LogP contribution in [0.5, 0.6) is 0 Å². The number of hydrogen-bond donors (Lipinski definition) is 1. The smallest absolute Gasteiger partial charge is 0.238 e. The van der Waals surface area contributed by atoms with Crippen molar-refractivity contribution in [3.63, 3.8) is 0 Å². The highest BCUT2D eigenvalue weighted by Crippen LogP contribution is 2.32. The molecule has 17 heavy (non-hydrogen) atoms. The van der Waals surface area contributed by atoms with Gasteiger partial charge in [0.25, 0.3) is 0 Å². The number of benzene rings is 1. The van der Waals surface area contributed by atoms with Gasteiger partial charge < -0.3 is 4.90 Å². The van der Waals surface area contributed by atoms with E-state index in [1.807, 2.05) is 18.2 Å². The Kier molecular flexibility index (Phi) is 2.85. The Balaban J connectivity index is 1.86. The van der Waals surface area contributed by atoms with E-state index in [-0.39, 0.29) is 12.1 Å². The van der Waals surface area contributed by atoms with E-state index in [0.29, 0.717) is 12.6 Å². The maximum Gasteiger partial charge on any atom is 0.238 e. The first kappa shape index (κ1) is 10.8. The van der Waals surface area contributed by atoms with Crippen molar-refractivity contribution in [1.29, 1.82) is 0 Å². The maximum atomic E-state index is 12.0. The van der Waals surface area contributed by atoms with Crippen molar-refractivity contribution in [3.8, 4) is 0 Å². The summed E-state index contributed by atoms with van der Waals surface area (Å²) in [6.07, 6.45) is 4.94. The highest BCUT2D eigenvalue weighted by atomic mass is 16.2. The fourth-order valence-corrected chi connectivity index (χ4v) is 3.03. The molecule has 1 heterocycles. The number of rotatable bonds is 2. The second kappa shape index (κ2) is 4.49. The van der Waals surface area contributed by atoms with Gasteiger partial charge in [-0.05, 0) is 18.4 Å². The largest absolute Gasteiger partial charge is 0.319 e. The molecule has 2 fully saturated rings. The first-order valence-corrected chi connectivity index (χ1v) is 6.46. The molecule has 1 N–H and O–H groups in total. The van der Waals surface area contributed by atoms with Gasteiger partial charge >= 0.3 is 0 Å². The van der Waals surface area contributed by atoms with Crippen molar-refractivity contribution in [2.75, 3.05) is 6.54 Å². The van der Waals surface area contributed by atoms with E-state index in [9.17, 15) is 4.79 Å². The number of nitrogens with zero attached hydrogens (tertiary/aromatic N) is 1. The molecule has 1 aliphatic heterocycles. The number of hydrogen-bond acceptors (Lipinski definition) is 2. The fourth-order valence-electron chi connectivity index (χ4n) is 3.03. The van der Waals surface area contributed by atoms with Crippen molar-refractivity contribution in [2.24, 2.45) is 0 Å². The third kappa shape index (κ3) is 1.95. The van der Waals surface area contributed by atoms with Gasteiger partial charge in [-0.25, -0.2) is 0 Å². The Morgan fingerprint density at radius 1 is 1.12 bits per heavy atom. The van der Waals surface area contributed by atoms with Crippen LogP contribution in [0, 0.1) is 0 Å². The van der Waals surface area contributed by atoms with Crippen LogP contribution in [0.4, 0.5) is 0 Å². The second-order valence-corrected chi connectivity index (χ2v) is 4.93. The second-order valence-electron chi connectivity index (χ2n) is 4.93. The van der Waals surface area contributed by atoms with E-state index in [2.05, 4.69) is 22.3 Å². The minimum atomic E-state index is 0.0896. The van der Waals surface area contributed by atoms with Crippen LogP contribution < -0.4 is 5.32 Å². The summed E-state index contributed by atoms with van der Waals surface area (Å²) >= 11 is 0. The lowest BCUT2D eigenvalue weighted by molar-refractivity contribution is -0.130. The van der Waals surface area contributed by atoms with E-state index >= 15 is 0 Å². The lowest BCUT2D eigenvalue weighted by Gasteiger charge is -2.30. The van der Waals surface area contributed by atoms with Crippen molar-refractivity contribution >= 4 is 5.91 Å². The van der Waals surface area contributed by atoms with Crippen LogP contribution in [-0.2, 0) is 4.79 Å². The molecule has 1 atom stereocenters. The topological polar surface area (TPSA) is 32.3 Å². The highest BCUT2D eigenvalue weighted by molar-refractivity contribution is 5.81. The SMILES string of the molecule is O=C1CNC(c2ccccc2)N1C1CCCC1. The molecule has 1 aromatic carbocycles. The number of carbonyl (C=O) groups is 1. The molecule has 3 heteroatoms. The summed E-state index contributed by atoms with van der Waals surface area (Å²) in [5, 5.41) is 3.33. The summed E-state index contributed by atoms with van der Waals surface area (Å²) in [5.41, 5.74) is 1.20. The molecular formula is C14H18N2O. The summed E-state index contributed by atoms with van der Waals surface area (Å²) in [7, 11) is 0. The number of carbonyl (C=O) groups excluding carboxylic acids is 1. The van der Waals surface area contributed by atoms with Gasteiger partial charge in [0.15, 0.2) is 0 Å². The zero-order valence-corrected chi connectivity index (χ0v) is 9.93. The van der Waals surface area contributed by atoms with Crippen molar-refractivity contribution in [3.05, 3.63) is 35.9 Å². The summed E-state index contributed by atoms with van der Waals surface area (Å²) in [6.45, 7) is 0.482. The normalized spacial score (nSPS) is 25.8. The molecule has 2 aliphatic rings. The lowest BCUT2D eigenvalue weighted by atomic mass is 10.1. The summed E-state index contributed by atoms with van der Waals surface area (Å²) in [4.78, 5) is 14.1. The molecule has 90 valence electrons. The van der Waals surface area contributed by atoms with Gasteiger partial charge in [-0.3, -0.25) is 10.1 Å². The van der Waals surface area contributed by atoms with Gasteiger partial charge in [0.05, 0.1) is 6.54 Å². The first-order chi connectivity index (χ1) is 8.36. The third-order valence-corrected chi connectivity index (χ3v) is 3.85. The van der Waals surface area contributed by atoms with Gasteiger partial charge in [-0.2, -0.15) is 0 Å². The molecule has 1 saturated carbocycles. The molecule has 0 aromatic heterocycles. The quantitative estimate of drug-likeness (QED) is 0.843. The van der Waals surface area contributed by atoms with Crippen LogP contribution >= 0.6 is 0 Å². The Bertz CT molecular complexity index is 398. The average Bonchev–Trinajstić information content (AvgIpc) is 2.99. The van der Waals surface area contributed by atoms with E-state index < -0.39 is 0 Å². The van der Waals surface area contributed by atoms with Crippen LogP contribution in [-0.4, -0.2) is 23.4 Å². The van der Waals surface area contributed by atoms with Crippen LogP contribution in [0.2, 0.25) is 0 Å². The summed E-state index contributed by atoms with van der Waals surface area (Å²) in [6, 6.07) is 10.7. The van der Waals surface area contributed by atoms with Gasteiger partial charge in [0.1, 0.15) is 6.17 Å². The van der Waals surface area contributed by atoms with Gasteiger partial charge in [0.2, 0.25) is 5.91 Å². The fraction of sp³-hybridized carbons (Fsp3) is 0.500. The highest BCUT2D eigenvalue weighted by Gasteiger charge is 2.37. The van der Waals surface area contributed by atoms with Gasteiger partial charge in [0, 0.05) is 6.04 Å². The monoisotopic (exact) mass is 230 g/mol. The molecular weight excluding hydrogens is 212 g/mol. The Morgan fingerprint density at radius 2 is 1.82 bits per heavy atom. The molecule has 1 unspecified atom stereocenters. The zero-order valence-electron chi connectivity index (χ0n) is 9.93. The first-order valence-electron chi connectivity index (χ1n) is 6.46. The van der Waals surface area contributed by atoms with Crippen LogP contribution in [0.25, 0.3) is 0 Å². The van der Waals surface area contributed by atoms with E-state index in [1.54, 1.807) is 0 Å². The van der Waals surface area contributed by atoms with Crippen LogP contribution in [0.3, 0.4) is 0 Å². The number of nitrogens with one attached hydrogen (secondary N) is 1. The average molecular weight is 230 g/mol. The minimum Gasteiger partial charge on any atom is -0.319 e. The molecule has 3 nitrogen and oxygen atoms in total. The maximum absolute atomic E-state index is 12.0. The zero-order chi connectivity index (χ0) is 11.7. The Hall–Kier alpha value is -1.35. The standard InChI is InChI=1S/C14H18N2O/c17-13-10-15-14(11-6-2-1-3-7-11)16(13)12-8-4-5-9-12/h1-3,6-7,12,14-15H,4-5,8-10H2. The lowest BCUT2D eigenvalue weighted by Crippen LogP contribution is -2.38. The van der Waals surface area contributed by atoms with Crippen LogP contribution in [0.15, 0.2) is 30.3 Å². The molecule has 0 bridgehead atoms. The van der Waals surface area contributed by atoms with E-state index in [4.69, 9.17) is 0 Å². The van der Waals surface area contributed by atoms with Crippen molar-refractivity contribution < 1.29 is 4.79 Å². The summed E-state index contributed by atoms with van der Waals surface area (Å²) in [5.74, 6) is 0.255. The molecule has 1 aromatic rings. The molecule has 1 saturated heterocycles. The Morgan fingerprint density at radius 3 is 2.53 bits per heavy atom. The van der Waals surface area contributed by atoms with Crippen molar-refractivity contribution in [2.45, 2.75) is 37.9 Å². The van der Waals surface area contributed by atoms with Gasteiger partial charge in [-0.1, -0.05) is 43.2 Å². The number of amides is 1. The third-order valence-electron chi connectivity index (χ3n) is 3.85. The molecule has 3 rings (SSSR count). The predicted molar refractivity (Wildman–Crippen MR) is 66.3 cm³/mol. The molecule has 1 aliphatic carbocycles. The van der Waals surface area contributed by atoms with Crippen molar-refractivity contribution in [1.82, 2.24) is 10.2 Å². The minimum absolute atomic E-state index is 0.0896. The molecule has 0 radical (unpaired) electrons. The molecule has 1 amide bonds. The Labute approximate surface area is 102 Å². The van der Waals surface area contributed by atoms with E-state index in [1.165, 1.54) is 18.4 Å². The van der Waals surface area contributed by atoms with Crippen LogP contribution in [0.1, 0.15) is 37.4 Å². The molecule has 0 spiro atoms. The predicted octanol–water partition coefficient (Wildman–Crippen LogP) is 2.06. The van der Waals surface area contributed by atoms with Gasteiger partial charge in [-0.15, -0.1) is 0 Å². The van der Waals surface area contributed by atoms with E-state index in [0.717, 1.165) is 12.8 Å².